The van der Waals surface area contributed by atoms with Crippen LogP contribution in [0.15, 0.2) is 24.3 Å². The van der Waals surface area contributed by atoms with Crippen LogP contribution in [0.25, 0.3) is 0 Å². The number of aromatic nitrogens is 2. The van der Waals surface area contributed by atoms with Gasteiger partial charge in [-0.25, -0.2) is 9.97 Å². The van der Waals surface area contributed by atoms with E-state index in [4.69, 9.17) is 23.1 Å². The largest absolute Gasteiger partial charge is 0.368 e. The summed E-state index contributed by atoms with van der Waals surface area (Å²) >= 11 is 6.21. The Labute approximate surface area is 170 Å². The second kappa shape index (κ2) is 7.33. The molecule has 148 valence electrons. The van der Waals surface area contributed by atoms with Gasteiger partial charge in [-0.2, -0.15) is 0 Å². The van der Waals surface area contributed by atoms with Crippen molar-refractivity contribution in [3.63, 3.8) is 0 Å². The number of benzene rings is 1. The molecule has 1 amide bonds. The van der Waals surface area contributed by atoms with Crippen LogP contribution in [0.3, 0.4) is 0 Å². The van der Waals surface area contributed by atoms with Crippen molar-refractivity contribution < 1.29 is 4.79 Å². The lowest BCUT2D eigenvalue weighted by Gasteiger charge is -2.44. The summed E-state index contributed by atoms with van der Waals surface area (Å²) in [5.74, 6) is 0.274. The molecule has 0 atom stereocenters. The highest BCUT2D eigenvalue weighted by atomic mass is 35.5. The molecule has 4 N–H and O–H groups in total. The van der Waals surface area contributed by atoms with Crippen molar-refractivity contribution in [1.29, 1.82) is 0 Å². The Morgan fingerprint density at radius 2 is 2.04 bits per heavy atom. The maximum absolute atomic E-state index is 13.2. The van der Waals surface area contributed by atoms with E-state index in [2.05, 4.69) is 16.0 Å². The third-order valence-electron chi connectivity index (χ3n) is 6.43. The summed E-state index contributed by atoms with van der Waals surface area (Å²) in [7, 11) is 0. The van der Waals surface area contributed by atoms with Crippen molar-refractivity contribution in [2.45, 2.75) is 50.5 Å². The van der Waals surface area contributed by atoms with Crippen LogP contribution < -0.4 is 11.5 Å². The van der Waals surface area contributed by atoms with Crippen LogP contribution in [0.5, 0.6) is 0 Å². The number of fused-ring (bicyclic) bond motifs is 1. The first-order valence-electron chi connectivity index (χ1n) is 9.83. The minimum Gasteiger partial charge on any atom is -0.368 e. The summed E-state index contributed by atoms with van der Waals surface area (Å²) in [6.07, 6.45) is 4.48. The first-order chi connectivity index (χ1) is 13.4. The number of carbonyl (C=O) groups excluding carboxylic acids is 1. The van der Waals surface area contributed by atoms with E-state index in [-0.39, 0.29) is 23.3 Å². The zero-order valence-electron chi connectivity index (χ0n) is 16.1. The molecule has 1 fully saturated rings. The van der Waals surface area contributed by atoms with Gasteiger partial charge in [0.25, 0.3) is 5.91 Å². The second-order valence-corrected chi connectivity index (χ2v) is 8.40. The molecule has 2 heterocycles. The van der Waals surface area contributed by atoms with Gasteiger partial charge in [0, 0.05) is 36.0 Å². The highest BCUT2D eigenvalue weighted by Gasteiger charge is 2.40. The molecule has 0 spiro atoms. The van der Waals surface area contributed by atoms with Crippen LogP contribution in [-0.4, -0.2) is 39.9 Å². The number of carbonyl (C=O) groups is 1. The Kier molecular flexibility index (Phi) is 5.02. The van der Waals surface area contributed by atoms with Crippen LogP contribution in [0, 0.1) is 6.92 Å². The van der Waals surface area contributed by atoms with Crippen molar-refractivity contribution in [2.75, 3.05) is 18.8 Å². The summed E-state index contributed by atoms with van der Waals surface area (Å²) in [6.45, 7) is 3.10. The first kappa shape index (κ1) is 19.2. The van der Waals surface area contributed by atoms with Crippen LogP contribution in [-0.2, 0) is 11.8 Å². The molecule has 0 radical (unpaired) electrons. The predicted molar refractivity (Wildman–Crippen MR) is 110 cm³/mol. The van der Waals surface area contributed by atoms with E-state index in [1.165, 1.54) is 5.56 Å². The van der Waals surface area contributed by atoms with Crippen LogP contribution in [0.4, 0.5) is 5.95 Å². The molecule has 4 rings (SSSR count). The lowest BCUT2D eigenvalue weighted by Crippen LogP contribution is -2.50. The Morgan fingerprint density at radius 3 is 2.71 bits per heavy atom. The molecule has 1 aliphatic carbocycles. The van der Waals surface area contributed by atoms with Gasteiger partial charge in [-0.15, -0.1) is 0 Å². The molecule has 1 aliphatic heterocycles. The summed E-state index contributed by atoms with van der Waals surface area (Å²) in [6, 6.07) is 8.24. The molecule has 0 bridgehead atoms. The standard InChI is InChI=1S/C21H26ClN5O/c1-13-18-17(26-20(24)25-13)7-10-27(19(18)28)16-5-8-21(12-23,9-6-16)14-3-2-4-15(22)11-14/h2-4,11,16H,5-10,12,23H2,1H3,(H2,24,25,26). The quantitative estimate of drug-likeness (QED) is 0.826. The molecule has 1 saturated carbocycles. The van der Waals surface area contributed by atoms with E-state index < -0.39 is 0 Å². The highest BCUT2D eigenvalue weighted by molar-refractivity contribution is 6.30. The fourth-order valence-electron chi connectivity index (χ4n) is 4.83. The van der Waals surface area contributed by atoms with Gasteiger partial charge < -0.3 is 16.4 Å². The maximum Gasteiger partial charge on any atom is 0.257 e. The first-order valence-corrected chi connectivity index (χ1v) is 10.2. The van der Waals surface area contributed by atoms with Crippen molar-refractivity contribution in [1.82, 2.24) is 14.9 Å². The third-order valence-corrected chi connectivity index (χ3v) is 6.66. The fourth-order valence-corrected chi connectivity index (χ4v) is 5.02. The molecular formula is C21H26ClN5O. The topological polar surface area (TPSA) is 98.1 Å². The number of halogens is 1. The summed E-state index contributed by atoms with van der Waals surface area (Å²) < 4.78 is 0. The van der Waals surface area contributed by atoms with Crippen molar-refractivity contribution in [2.24, 2.45) is 5.73 Å². The zero-order valence-corrected chi connectivity index (χ0v) is 16.9. The van der Waals surface area contributed by atoms with E-state index >= 15 is 0 Å². The SMILES string of the molecule is Cc1nc(N)nc2c1C(=O)N(C1CCC(CN)(c3cccc(Cl)c3)CC1)CC2. The number of hydrogen-bond acceptors (Lipinski definition) is 5. The van der Waals surface area contributed by atoms with E-state index in [0.717, 1.165) is 42.8 Å². The minimum atomic E-state index is -0.0639. The molecule has 0 unspecified atom stereocenters. The number of amides is 1. The normalized spacial score (nSPS) is 24.9. The van der Waals surface area contributed by atoms with Gasteiger partial charge in [0.2, 0.25) is 5.95 Å². The summed E-state index contributed by atoms with van der Waals surface area (Å²) in [5.41, 5.74) is 15.2. The molecule has 0 saturated heterocycles. The predicted octanol–water partition coefficient (Wildman–Crippen LogP) is 2.86. The van der Waals surface area contributed by atoms with Gasteiger partial charge in [0.05, 0.1) is 17.0 Å². The van der Waals surface area contributed by atoms with Gasteiger partial charge in [-0.05, 0) is 50.3 Å². The molecule has 6 nitrogen and oxygen atoms in total. The number of nitrogens with two attached hydrogens (primary N) is 2. The number of anilines is 1. The van der Waals surface area contributed by atoms with Crippen molar-refractivity contribution in [3.8, 4) is 0 Å². The Bertz CT molecular complexity index is 908. The van der Waals surface area contributed by atoms with Crippen molar-refractivity contribution >= 4 is 23.5 Å². The van der Waals surface area contributed by atoms with Crippen molar-refractivity contribution in [3.05, 3.63) is 51.8 Å². The van der Waals surface area contributed by atoms with Gasteiger partial charge in [-0.1, -0.05) is 23.7 Å². The smallest absolute Gasteiger partial charge is 0.257 e. The van der Waals surface area contributed by atoms with E-state index in [9.17, 15) is 4.79 Å². The molecule has 1 aromatic heterocycles. The number of aryl methyl sites for hydroxylation is 1. The molecular weight excluding hydrogens is 374 g/mol. The molecule has 2 aliphatic rings. The second-order valence-electron chi connectivity index (χ2n) is 7.96. The third kappa shape index (κ3) is 3.25. The summed E-state index contributed by atoms with van der Waals surface area (Å²) in [5, 5.41) is 0.741. The lowest BCUT2D eigenvalue weighted by molar-refractivity contribution is 0.0571. The number of rotatable bonds is 3. The van der Waals surface area contributed by atoms with Gasteiger partial charge in [-0.3, -0.25) is 4.79 Å². The number of nitrogen functional groups attached to an aromatic ring is 1. The van der Waals surface area contributed by atoms with E-state index in [1.54, 1.807) is 0 Å². The zero-order chi connectivity index (χ0) is 19.9. The number of hydrogen-bond donors (Lipinski definition) is 2. The molecule has 2 aromatic rings. The number of nitrogens with zero attached hydrogens (tertiary/aromatic N) is 3. The average molecular weight is 400 g/mol. The van der Waals surface area contributed by atoms with Crippen LogP contribution in [0.2, 0.25) is 5.02 Å². The van der Waals surface area contributed by atoms with Gasteiger partial charge in [0.1, 0.15) is 0 Å². The van der Waals surface area contributed by atoms with E-state index in [0.29, 0.717) is 24.3 Å². The lowest BCUT2D eigenvalue weighted by atomic mass is 9.68. The average Bonchev–Trinajstić information content (AvgIpc) is 2.68. The van der Waals surface area contributed by atoms with Crippen LogP contribution >= 0.6 is 11.6 Å². The maximum atomic E-state index is 13.2. The van der Waals surface area contributed by atoms with E-state index in [1.807, 2.05) is 30.0 Å². The minimum absolute atomic E-state index is 0.0340. The highest BCUT2D eigenvalue weighted by Crippen LogP contribution is 2.41. The van der Waals surface area contributed by atoms with Gasteiger partial charge in [0.15, 0.2) is 0 Å². The van der Waals surface area contributed by atoms with Crippen LogP contribution in [0.1, 0.15) is 53.0 Å². The van der Waals surface area contributed by atoms with Gasteiger partial charge >= 0.3 is 0 Å². The molecule has 7 heteroatoms. The monoisotopic (exact) mass is 399 g/mol. The Morgan fingerprint density at radius 1 is 1.29 bits per heavy atom. The molecule has 28 heavy (non-hydrogen) atoms. The summed E-state index contributed by atoms with van der Waals surface area (Å²) in [4.78, 5) is 23.6. The Balaban J connectivity index is 1.53. The Hall–Kier alpha value is -2.18. The molecule has 1 aromatic carbocycles. The fraction of sp³-hybridized carbons (Fsp3) is 0.476.